The summed E-state index contributed by atoms with van der Waals surface area (Å²) in [5.74, 6) is 0.983. The molecule has 0 spiro atoms. The van der Waals surface area contributed by atoms with E-state index >= 15 is 0 Å². The summed E-state index contributed by atoms with van der Waals surface area (Å²) in [6.45, 7) is 5.86. The summed E-state index contributed by atoms with van der Waals surface area (Å²) in [4.78, 5) is 11.0. The molecule has 0 aliphatic rings. The van der Waals surface area contributed by atoms with Crippen LogP contribution in [0.5, 0.6) is 11.5 Å². The van der Waals surface area contributed by atoms with Crippen LogP contribution in [0.3, 0.4) is 0 Å². The van der Waals surface area contributed by atoms with Gasteiger partial charge >= 0.3 is 5.97 Å². The van der Waals surface area contributed by atoms with E-state index in [9.17, 15) is 4.79 Å². The van der Waals surface area contributed by atoms with Gasteiger partial charge in [0, 0.05) is 25.2 Å². The molecule has 116 valence electrons. The maximum atomic E-state index is 11.0. The normalized spacial score (nSPS) is 10.2. The Morgan fingerprint density at radius 2 is 1.91 bits per heavy atom. The van der Waals surface area contributed by atoms with Crippen LogP contribution in [0.15, 0.2) is 36.4 Å². The minimum atomic E-state index is -0.327. The van der Waals surface area contributed by atoms with Crippen molar-refractivity contribution in [2.75, 3.05) is 12.4 Å². The molecule has 2 aromatic rings. The summed E-state index contributed by atoms with van der Waals surface area (Å²) in [5, 5.41) is 3.18. The van der Waals surface area contributed by atoms with Crippen molar-refractivity contribution >= 4 is 11.7 Å². The molecule has 4 heteroatoms. The first-order valence-electron chi connectivity index (χ1n) is 7.19. The number of carbonyl (C=O) groups excluding carboxylic acids is 1. The standard InChI is InChI=1S/C18H21NO3/c1-12-6-5-7-17(19-4)16(12)11-21-18-9-8-15(10-13(18)2)22-14(3)20/h5-10,19H,11H2,1-4H3. The first-order valence-corrected chi connectivity index (χ1v) is 7.19. The molecule has 0 aliphatic heterocycles. The zero-order valence-corrected chi connectivity index (χ0v) is 13.4. The number of benzene rings is 2. The van der Waals surface area contributed by atoms with Crippen LogP contribution in [0, 0.1) is 13.8 Å². The molecule has 0 bridgehead atoms. The molecule has 0 saturated carbocycles. The third-order valence-corrected chi connectivity index (χ3v) is 3.46. The lowest BCUT2D eigenvalue weighted by molar-refractivity contribution is -0.131. The van der Waals surface area contributed by atoms with E-state index in [0.717, 1.165) is 22.6 Å². The molecule has 0 aliphatic carbocycles. The van der Waals surface area contributed by atoms with E-state index in [1.165, 1.54) is 12.5 Å². The smallest absolute Gasteiger partial charge is 0.308 e. The fourth-order valence-electron chi connectivity index (χ4n) is 2.29. The molecule has 0 unspecified atom stereocenters. The minimum absolute atomic E-state index is 0.327. The van der Waals surface area contributed by atoms with Gasteiger partial charge < -0.3 is 14.8 Å². The molecule has 0 aromatic heterocycles. The zero-order valence-electron chi connectivity index (χ0n) is 13.4. The minimum Gasteiger partial charge on any atom is -0.489 e. The number of rotatable bonds is 5. The molecule has 22 heavy (non-hydrogen) atoms. The van der Waals surface area contributed by atoms with Crippen molar-refractivity contribution in [3.63, 3.8) is 0 Å². The van der Waals surface area contributed by atoms with E-state index in [1.54, 1.807) is 12.1 Å². The van der Waals surface area contributed by atoms with Gasteiger partial charge in [0.1, 0.15) is 18.1 Å². The third kappa shape index (κ3) is 3.79. The summed E-state index contributed by atoms with van der Waals surface area (Å²) < 4.78 is 11.0. The van der Waals surface area contributed by atoms with Gasteiger partial charge in [-0.25, -0.2) is 0 Å². The Morgan fingerprint density at radius 3 is 2.55 bits per heavy atom. The molecule has 2 rings (SSSR count). The van der Waals surface area contributed by atoms with E-state index in [4.69, 9.17) is 9.47 Å². The Balaban J connectivity index is 2.14. The van der Waals surface area contributed by atoms with Gasteiger partial charge in [-0.05, 0) is 49.2 Å². The van der Waals surface area contributed by atoms with Crippen LogP contribution in [-0.2, 0) is 11.4 Å². The maximum absolute atomic E-state index is 11.0. The molecular weight excluding hydrogens is 278 g/mol. The molecular formula is C18H21NO3. The van der Waals surface area contributed by atoms with Crippen LogP contribution in [-0.4, -0.2) is 13.0 Å². The van der Waals surface area contributed by atoms with Crippen LogP contribution in [0.1, 0.15) is 23.6 Å². The Hall–Kier alpha value is -2.49. The Kier molecular flexibility index (Phi) is 5.04. The molecule has 0 heterocycles. The van der Waals surface area contributed by atoms with Crippen molar-refractivity contribution in [1.29, 1.82) is 0 Å². The van der Waals surface area contributed by atoms with Crippen LogP contribution >= 0.6 is 0 Å². The van der Waals surface area contributed by atoms with Crippen LogP contribution < -0.4 is 14.8 Å². The van der Waals surface area contributed by atoms with Crippen molar-refractivity contribution in [3.8, 4) is 11.5 Å². The van der Waals surface area contributed by atoms with Crippen molar-refractivity contribution in [2.45, 2.75) is 27.4 Å². The highest BCUT2D eigenvalue weighted by Crippen LogP contribution is 2.26. The first kappa shape index (κ1) is 15.9. The van der Waals surface area contributed by atoms with E-state index in [-0.39, 0.29) is 5.97 Å². The zero-order chi connectivity index (χ0) is 16.1. The van der Waals surface area contributed by atoms with Gasteiger partial charge in [-0.1, -0.05) is 12.1 Å². The first-order chi connectivity index (χ1) is 10.5. The monoisotopic (exact) mass is 299 g/mol. The van der Waals surface area contributed by atoms with Crippen LogP contribution in [0.4, 0.5) is 5.69 Å². The molecule has 0 saturated heterocycles. The average Bonchev–Trinajstić information content (AvgIpc) is 2.46. The number of anilines is 1. The van der Waals surface area contributed by atoms with Crippen LogP contribution in [0.25, 0.3) is 0 Å². The lowest BCUT2D eigenvalue weighted by Gasteiger charge is -2.15. The highest BCUT2D eigenvalue weighted by Gasteiger charge is 2.08. The second-order valence-electron chi connectivity index (χ2n) is 5.16. The fraction of sp³-hybridized carbons (Fsp3) is 0.278. The average molecular weight is 299 g/mol. The van der Waals surface area contributed by atoms with Crippen molar-refractivity contribution in [3.05, 3.63) is 53.1 Å². The molecule has 0 atom stereocenters. The Labute approximate surface area is 131 Å². The summed E-state index contributed by atoms with van der Waals surface area (Å²) >= 11 is 0. The van der Waals surface area contributed by atoms with Crippen molar-refractivity contribution in [1.82, 2.24) is 0 Å². The number of esters is 1. The fourth-order valence-corrected chi connectivity index (χ4v) is 2.29. The molecule has 2 aromatic carbocycles. The van der Waals surface area contributed by atoms with Crippen molar-refractivity contribution in [2.24, 2.45) is 0 Å². The highest BCUT2D eigenvalue weighted by molar-refractivity contribution is 5.69. The van der Waals surface area contributed by atoms with Gasteiger partial charge in [-0.15, -0.1) is 0 Å². The number of hydrogen-bond acceptors (Lipinski definition) is 4. The summed E-state index contributed by atoms with van der Waals surface area (Å²) in [7, 11) is 1.90. The second kappa shape index (κ2) is 6.98. The number of carbonyl (C=O) groups is 1. The Bertz CT molecular complexity index is 680. The van der Waals surface area contributed by atoms with Gasteiger partial charge in [0.15, 0.2) is 0 Å². The van der Waals surface area contributed by atoms with E-state index in [0.29, 0.717) is 12.4 Å². The highest BCUT2D eigenvalue weighted by atomic mass is 16.5. The molecule has 0 amide bonds. The van der Waals surface area contributed by atoms with Crippen molar-refractivity contribution < 1.29 is 14.3 Å². The van der Waals surface area contributed by atoms with Gasteiger partial charge in [0.05, 0.1) is 0 Å². The predicted molar refractivity (Wildman–Crippen MR) is 87.5 cm³/mol. The maximum Gasteiger partial charge on any atom is 0.308 e. The summed E-state index contributed by atoms with van der Waals surface area (Å²) in [6.07, 6.45) is 0. The number of ether oxygens (including phenoxy) is 2. The van der Waals surface area contributed by atoms with E-state index < -0.39 is 0 Å². The molecule has 4 nitrogen and oxygen atoms in total. The third-order valence-electron chi connectivity index (χ3n) is 3.46. The van der Waals surface area contributed by atoms with Crippen LogP contribution in [0.2, 0.25) is 0 Å². The largest absolute Gasteiger partial charge is 0.489 e. The Morgan fingerprint density at radius 1 is 1.14 bits per heavy atom. The summed E-state index contributed by atoms with van der Waals surface area (Å²) in [5.41, 5.74) is 4.31. The predicted octanol–water partition coefficient (Wildman–Crippen LogP) is 3.85. The topological polar surface area (TPSA) is 47.6 Å². The SMILES string of the molecule is CNc1cccc(C)c1COc1ccc(OC(C)=O)cc1C. The summed E-state index contributed by atoms with van der Waals surface area (Å²) in [6, 6.07) is 11.5. The molecule has 0 radical (unpaired) electrons. The lowest BCUT2D eigenvalue weighted by Crippen LogP contribution is -2.04. The quantitative estimate of drug-likeness (QED) is 0.673. The van der Waals surface area contributed by atoms with E-state index in [1.807, 2.05) is 32.2 Å². The van der Waals surface area contributed by atoms with Gasteiger partial charge in [-0.3, -0.25) is 4.79 Å². The molecule has 1 N–H and O–H groups in total. The van der Waals surface area contributed by atoms with E-state index in [2.05, 4.69) is 18.3 Å². The number of hydrogen-bond donors (Lipinski definition) is 1. The number of aryl methyl sites for hydroxylation is 2. The lowest BCUT2D eigenvalue weighted by atomic mass is 10.1. The molecule has 0 fully saturated rings. The van der Waals surface area contributed by atoms with Gasteiger partial charge in [0.2, 0.25) is 0 Å². The van der Waals surface area contributed by atoms with Gasteiger partial charge in [-0.2, -0.15) is 0 Å². The number of nitrogens with one attached hydrogen (secondary N) is 1. The second-order valence-corrected chi connectivity index (χ2v) is 5.16. The van der Waals surface area contributed by atoms with Gasteiger partial charge in [0.25, 0.3) is 0 Å².